The first kappa shape index (κ1) is 30.1. The lowest BCUT2D eigenvalue weighted by Gasteiger charge is -2.26. The average molecular weight is 597 g/mol. The van der Waals surface area contributed by atoms with Crippen molar-refractivity contribution in [3.8, 4) is 17.0 Å². The molecule has 226 valence electrons. The summed E-state index contributed by atoms with van der Waals surface area (Å²) in [4.78, 5) is 31.3. The first-order valence-corrected chi connectivity index (χ1v) is 16.1. The number of hydrogen-bond acceptors (Lipinski definition) is 8. The van der Waals surface area contributed by atoms with Crippen molar-refractivity contribution >= 4 is 33.0 Å². The number of likely N-dealkylation sites (tertiary alicyclic amines) is 1. The van der Waals surface area contributed by atoms with Gasteiger partial charge in [0.1, 0.15) is 5.60 Å². The molecule has 11 heteroatoms. The Hall–Kier alpha value is -3.41. The summed E-state index contributed by atoms with van der Waals surface area (Å²) >= 11 is 0. The lowest BCUT2D eigenvalue weighted by atomic mass is 9.95. The van der Waals surface area contributed by atoms with Crippen LogP contribution in [0.4, 0.5) is 4.79 Å². The van der Waals surface area contributed by atoms with E-state index in [1.807, 2.05) is 58.0 Å². The van der Waals surface area contributed by atoms with Crippen molar-refractivity contribution in [1.29, 1.82) is 0 Å². The van der Waals surface area contributed by atoms with Crippen molar-refractivity contribution in [3.63, 3.8) is 0 Å². The maximum atomic E-state index is 13.8. The molecule has 10 nitrogen and oxygen atoms in total. The fraction of sp³-hybridized carbons (Fsp3) is 0.484. The number of piperidine rings is 1. The number of carbonyl (C=O) groups is 2. The van der Waals surface area contributed by atoms with Crippen LogP contribution >= 0.6 is 0 Å². The van der Waals surface area contributed by atoms with E-state index >= 15 is 0 Å². The standard InChI is InChI=1S/C31H40N4O6S/c1-31(2,3)40-30(37)35-25-11-10-20(18-34-12-8-7-9-13-34)14-21(25)16-26(35)23-15-22(19-33(4)5)28(41-42(6,38)39)24-17-32-29(36)27(23)24/h10-11,14-16H,7-9,12-13,17-19H2,1-6H3,(H,32,36). The third kappa shape index (κ3) is 6.48. The van der Waals surface area contributed by atoms with Gasteiger partial charge >= 0.3 is 16.2 Å². The molecule has 0 spiro atoms. The molecular weight excluding hydrogens is 556 g/mol. The summed E-state index contributed by atoms with van der Waals surface area (Å²) in [5.74, 6) is -0.214. The van der Waals surface area contributed by atoms with E-state index in [1.54, 1.807) is 6.07 Å². The zero-order valence-electron chi connectivity index (χ0n) is 25.2. The highest BCUT2D eigenvalue weighted by molar-refractivity contribution is 7.86. The number of aromatic nitrogens is 1. The molecule has 3 heterocycles. The molecule has 42 heavy (non-hydrogen) atoms. The smallest absolute Gasteiger partial charge is 0.419 e. The Morgan fingerprint density at radius 1 is 1.07 bits per heavy atom. The van der Waals surface area contributed by atoms with Crippen molar-refractivity contribution in [2.45, 2.75) is 65.3 Å². The predicted molar refractivity (Wildman–Crippen MR) is 162 cm³/mol. The fourth-order valence-corrected chi connectivity index (χ4v) is 6.33. The number of nitrogens with zero attached hydrogens (tertiary/aromatic N) is 3. The topological polar surface area (TPSA) is 110 Å². The number of amides is 1. The molecule has 1 amide bonds. The van der Waals surface area contributed by atoms with Crippen molar-refractivity contribution in [3.05, 3.63) is 52.6 Å². The van der Waals surface area contributed by atoms with Gasteiger partial charge in [-0.05, 0) is 90.6 Å². The molecule has 1 aromatic heterocycles. The maximum absolute atomic E-state index is 13.8. The Labute approximate surface area is 247 Å². The van der Waals surface area contributed by atoms with Crippen LogP contribution in [0.1, 0.15) is 67.1 Å². The number of hydrogen-bond donors (Lipinski definition) is 1. The first-order valence-electron chi connectivity index (χ1n) is 14.3. The molecule has 0 unspecified atom stereocenters. The van der Waals surface area contributed by atoms with Crippen molar-refractivity contribution in [2.75, 3.05) is 33.4 Å². The highest BCUT2D eigenvalue weighted by Crippen LogP contribution is 2.41. The second kappa shape index (κ2) is 11.3. The summed E-state index contributed by atoms with van der Waals surface area (Å²) in [7, 11) is -0.146. The second-order valence-electron chi connectivity index (χ2n) is 12.5. The second-order valence-corrected chi connectivity index (χ2v) is 14.1. The van der Waals surface area contributed by atoms with Gasteiger partial charge in [-0.3, -0.25) is 9.69 Å². The average Bonchev–Trinajstić information content (AvgIpc) is 3.45. The summed E-state index contributed by atoms with van der Waals surface area (Å²) in [5.41, 5.74) is 3.39. The van der Waals surface area contributed by atoms with Crippen molar-refractivity contribution in [2.24, 2.45) is 0 Å². The van der Waals surface area contributed by atoms with E-state index in [4.69, 9.17) is 8.92 Å². The minimum absolute atomic E-state index is 0.111. The Kier molecular flexibility index (Phi) is 8.12. The van der Waals surface area contributed by atoms with Crippen LogP contribution < -0.4 is 9.50 Å². The lowest BCUT2D eigenvalue weighted by Crippen LogP contribution is -2.29. The molecular formula is C31H40N4O6S. The number of ether oxygens (including phenoxy) is 1. The maximum Gasteiger partial charge on any atom is 0.419 e. The number of rotatable bonds is 7. The highest BCUT2D eigenvalue weighted by atomic mass is 32.2. The van der Waals surface area contributed by atoms with Gasteiger partial charge < -0.3 is 19.1 Å². The van der Waals surface area contributed by atoms with Crippen LogP contribution in [0.2, 0.25) is 0 Å². The number of carbonyl (C=O) groups excluding carboxylic acids is 2. The lowest BCUT2D eigenvalue weighted by molar-refractivity contribution is 0.0546. The summed E-state index contributed by atoms with van der Waals surface area (Å²) in [6.07, 6.45) is 4.08. The van der Waals surface area contributed by atoms with Crippen molar-refractivity contribution < 1.29 is 26.9 Å². The Bertz CT molecular complexity index is 1650. The molecule has 0 radical (unpaired) electrons. The third-order valence-corrected chi connectivity index (χ3v) is 7.87. The quantitative estimate of drug-likeness (QED) is 0.390. The molecule has 0 atom stereocenters. The van der Waals surface area contributed by atoms with Crippen LogP contribution in [0.25, 0.3) is 22.2 Å². The van der Waals surface area contributed by atoms with Crippen LogP contribution in [0.3, 0.4) is 0 Å². The number of benzene rings is 2. The van der Waals surface area contributed by atoms with Gasteiger partial charge in [-0.1, -0.05) is 12.5 Å². The molecule has 3 aromatic rings. The Balaban J connectivity index is 1.73. The van der Waals surface area contributed by atoms with Crippen molar-refractivity contribution in [1.82, 2.24) is 19.7 Å². The number of nitrogens with one attached hydrogen (secondary N) is 1. The molecule has 5 rings (SSSR count). The van der Waals surface area contributed by atoms with Crippen LogP contribution in [0.15, 0.2) is 30.3 Å². The van der Waals surface area contributed by atoms with Gasteiger partial charge in [0, 0.05) is 41.7 Å². The number of fused-ring (bicyclic) bond motifs is 2. The molecule has 1 fully saturated rings. The zero-order valence-corrected chi connectivity index (χ0v) is 26.1. The first-order chi connectivity index (χ1) is 19.7. The van der Waals surface area contributed by atoms with Crippen LogP contribution in [0.5, 0.6) is 5.75 Å². The van der Waals surface area contributed by atoms with E-state index in [9.17, 15) is 18.0 Å². The minimum atomic E-state index is -3.87. The molecule has 2 aliphatic heterocycles. The van der Waals surface area contributed by atoms with E-state index < -0.39 is 21.8 Å². The van der Waals surface area contributed by atoms with Gasteiger partial charge in [0.05, 0.1) is 23.0 Å². The molecule has 2 aliphatic rings. The van der Waals surface area contributed by atoms with Gasteiger partial charge in [-0.2, -0.15) is 8.42 Å². The predicted octanol–water partition coefficient (Wildman–Crippen LogP) is 4.72. The molecule has 1 saturated heterocycles. The van der Waals surface area contributed by atoms with Gasteiger partial charge in [-0.15, -0.1) is 0 Å². The van der Waals surface area contributed by atoms with Crippen LogP contribution in [0, 0.1) is 0 Å². The molecule has 2 aromatic carbocycles. The SMILES string of the molecule is CN(C)Cc1cc(-c2cc3cc(CN4CCCCC4)ccc3n2C(=O)OC(C)(C)C)c2c(c1OS(C)(=O)=O)CNC2=O. The summed E-state index contributed by atoms with van der Waals surface area (Å²) in [5, 5.41) is 3.67. The summed E-state index contributed by atoms with van der Waals surface area (Å²) in [6, 6.07) is 9.74. The molecule has 1 N–H and O–H groups in total. The van der Waals surface area contributed by atoms with Crippen LogP contribution in [-0.2, 0) is 34.5 Å². The Morgan fingerprint density at radius 3 is 2.43 bits per heavy atom. The van der Waals surface area contributed by atoms with E-state index in [0.717, 1.165) is 36.8 Å². The van der Waals surface area contributed by atoms with Gasteiger partial charge in [0.15, 0.2) is 5.75 Å². The van der Waals surface area contributed by atoms with E-state index in [1.165, 1.54) is 23.8 Å². The summed E-state index contributed by atoms with van der Waals surface area (Å²) in [6.45, 7) is 8.86. The molecule has 0 bridgehead atoms. The third-order valence-electron chi connectivity index (χ3n) is 7.40. The Morgan fingerprint density at radius 2 is 1.79 bits per heavy atom. The van der Waals surface area contributed by atoms with E-state index in [-0.39, 0.29) is 23.8 Å². The zero-order chi connectivity index (χ0) is 30.4. The minimum Gasteiger partial charge on any atom is -0.443 e. The van der Waals surface area contributed by atoms with E-state index in [0.29, 0.717) is 34.4 Å². The van der Waals surface area contributed by atoms with Crippen LogP contribution in [-0.4, -0.2) is 73.8 Å². The fourth-order valence-electron chi connectivity index (χ4n) is 5.82. The summed E-state index contributed by atoms with van der Waals surface area (Å²) < 4.78 is 37.3. The molecule has 0 aliphatic carbocycles. The highest BCUT2D eigenvalue weighted by Gasteiger charge is 2.33. The molecule has 0 saturated carbocycles. The van der Waals surface area contributed by atoms with E-state index in [2.05, 4.69) is 16.3 Å². The van der Waals surface area contributed by atoms with Gasteiger partial charge in [0.25, 0.3) is 5.91 Å². The van der Waals surface area contributed by atoms with Gasteiger partial charge in [-0.25, -0.2) is 9.36 Å². The largest absolute Gasteiger partial charge is 0.443 e. The monoisotopic (exact) mass is 596 g/mol. The normalized spacial score (nSPS) is 16.1. The van der Waals surface area contributed by atoms with Gasteiger partial charge in [0.2, 0.25) is 0 Å².